The molecule has 5 nitrogen and oxygen atoms in total. The van der Waals surface area contributed by atoms with Crippen molar-refractivity contribution in [2.75, 3.05) is 13.2 Å². The van der Waals surface area contributed by atoms with Gasteiger partial charge in [0.15, 0.2) is 0 Å². The SMILES string of the molecule is NCC[C@H]1CC[C@H](NC(=O)c2ccccc2F)[C@H](CO)O1. The van der Waals surface area contributed by atoms with Crippen molar-refractivity contribution in [3.05, 3.63) is 35.6 Å². The lowest BCUT2D eigenvalue weighted by atomic mass is 9.96. The molecule has 1 fully saturated rings. The van der Waals surface area contributed by atoms with E-state index < -0.39 is 17.8 Å². The van der Waals surface area contributed by atoms with E-state index in [0.717, 1.165) is 12.8 Å². The van der Waals surface area contributed by atoms with Crippen LogP contribution in [0.25, 0.3) is 0 Å². The molecular formula is C15H21FN2O3. The van der Waals surface area contributed by atoms with Crippen molar-refractivity contribution in [3.8, 4) is 0 Å². The first-order valence-electron chi connectivity index (χ1n) is 7.17. The second-order valence-electron chi connectivity index (χ2n) is 5.19. The minimum absolute atomic E-state index is 0.00160. The van der Waals surface area contributed by atoms with Gasteiger partial charge in [-0.2, -0.15) is 0 Å². The van der Waals surface area contributed by atoms with Gasteiger partial charge in [-0.25, -0.2) is 4.39 Å². The Bertz CT molecular complexity index is 484. The van der Waals surface area contributed by atoms with Gasteiger partial charge in [-0.05, 0) is 37.9 Å². The van der Waals surface area contributed by atoms with E-state index in [1.807, 2.05) is 0 Å². The summed E-state index contributed by atoms with van der Waals surface area (Å²) in [5, 5.41) is 12.1. The number of carbonyl (C=O) groups excluding carboxylic acids is 1. The molecule has 1 aromatic carbocycles. The average Bonchev–Trinajstić information content (AvgIpc) is 2.49. The van der Waals surface area contributed by atoms with Gasteiger partial charge >= 0.3 is 0 Å². The van der Waals surface area contributed by atoms with Crippen LogP contribution in [0.15, 0.2) is 24.3 Å². The van der Waals surface area contributed by atoms with E-state index in [4.69, 9.17) is 10.5 Å². The third-order valence-corrected chi connectivity index (χ3v) is 3.72. The number of nitrogens with one attached hydrogen (secondary N) is 1. The number of halogens is 1. The Hall–Kier alpha value is -1.50. The molecule has 6 heteroatoms. The molecule has 3 atom stereocenters. The topological polar surface area (TPSA) is 84.6 Å². The highest BCUT2D eigenvalue weighted by atomic mass is 19.1. The summed E-state index contributed by atoms with van der Waals surface area (Å²) in [7, 11) is 0. The highest BCUT2D eigenvalue weighted by molar-refractivity contribution is 5.94. The maximum Gasteiger partial charge on any atom is 0.254 e. The van der Waals surface area contributed by atoms with Crippen LogP contribution in [0.4, 0.5) is 4.39 Å². The quantitative estimate of drug-likeness (QED) is 0.751. The molecule has 1 saturated heterocycles. The minimum atomic E-state index is -0.562. The maximum absolute atomic E-state index is 13.6. The predicted octanol–water partition coefficient (Wildman–Crippen LogP) is 0.813. The Kier molecular flexibility index (Phi) is 5.67. The summed E-state index contributed by atoms with van der Waals surface area (Å²) >= 11 is 0. The van der Waals surface area contributed by atoms with Gasteiger partial charge in [0.25, 0.3) is 5.91 Å². The van der Waals surface area contributed by atoms with Gasteiger partial charge in [-0.15, -0.1) is 0 Å². The fraction of sp³-hybridized carbons (Fsp3) is 0.533. The predicted molar refractivity (Wildman–Crippen MR) is 76.3 cm³/mol. The number of aliphatic hydroxyl groups is 1. The van der Waals surface area contributed by atoms with E-state index in [1.54, 1.807) is 6.07 Å². The number of hydrogen-bond donors (Lipinski definition) is 3. The van der Waals surface area contributed by atoms with E-state index >= 15 is 0 Å². The van der Waals surface area contributed by atoms with E-state index in [1.165, 1.54) is 18.2 Å². The van der Waals surface area contributed by atoms with Crippen LogP contribution in [0.5, 0.6) is 0 Å². The van der Waals surface area contributed by atoms with Crippen LogP contribution in [0, 0.1) is 5.82 Å². The van der Waals surface area contributed by atoms with Gasteiger partial charge in [0, 0.05) is 0 Å². The average molecular weight is 296 g/mol. The maximum atomic E-state index is 13.6. The van der Waals surface area contributed by atoms with E-state index in [9.17, 15) is 14.3 Å². The number of nitrogens with two attached hydrogens (primary N) is 1. The Morgan fingerprint density at radius 1 is 1.43 bits per heavy atom. The van der Waals surface area contributed by atoms with Crippen LogP contribution in [0.3, 0.4) is 0 Å². The lowest BCUT2D eigenvalue weighted by Gasteiger charge is -2.36. The van der Waals surface area contributed by atoms with Gasteiger partial charge in [-0.3, -0.25) is 4.79 Å². The molecule has 21 heavy (non-hydrogen) atoms. The van der Waals surface area contributed by atoms with Crippen molar-refractivity contribution in [1.29, 1.82) is 0 Å². The fourth-order valence-corrected chi connectivity index (χ4v) is 2.59. The number of ether oxygens (including phenoxy) is 1. The molecule has 0 aliphatic carbocycles. The molecule has 2 rings (SSSR count). The first kappa shape index (κ1) is 15.9. The summed E-state index contributed by atoms with van der Waals surface area (Å²) in [6, 6.07) is 5.49. The highest BCUT2D eigenvalue weighted by Crippen LogP contribution is 2.22. The van der Waals surface area contributed by atoms with Crippen molar-refractivity contribution in [2.24, 2.45) is 5.73 Å². The van der Waals surface area contributed by atoms with Crippen molar-refractivity contribution in [3.63, 3.8) is 0 Å². The zero-order valence-electron chi connectivity index (χ0n) is 11.8. The van der Waals surface area contributed by atoms with E-state index in [0.29, 0.717) is 13.0 Å². The number of amides is 1. The van der Waals surface area contributed by atoms with Crippen LogP contribution in [-0.4, -0.2) is 42.4 Å². The van der Waals surface area contributed by atoms with Crippen LogP contribution < -0.4 is 11.1 Å². The molecule has 0 spiro atoms. The largest absolute Gasteiger partial charge is 0.394 e. The fourth-order valence-electron chi connectivity index (χ4n) is 2.59. The summed E-state index contributed by atoms with van der Waals surface area (Å²) in [5.41, 5.74) is 5.50. The van der Waals surface area contributed by atoms with Gasteiger partial charge in [-0.1, -0.05) is 12.1 Å². The van der Waals surface area contributed by atoms with Gasteiger partial charge in [0.1, 0.15) is 11.9 Å². The molecule has 1 aliphatic rings. The van der Waals surface area contributed by atoms with E-state index in [2.05, 4.69) is 5.32 Å². The number of carbonyl (C=O) groups is 1. The van der Waals surface area contributed by atoms with Crippen molar-refractivity contribution in [1.82, 2.24) is 5.32 Å². The smallest absolute Gasteiger partial charge is 0.254 e. The van der Waals surface area contributed by atoms with E-state index in [-0.39, 0.29) is 24.3 Å². The first-order chi connectivity index (χ1) is 10.2. The monoisotopic (exact) mass is 296 g/mol. The summed E-state index contributed by atoms with van der Waals surface area (Å²) in [4.78, 5) is 12.1. The van der Waals surface area contributed by atoms with Crippen molar-refractivity contribution < 1.29 is 19.0 Å². The van der Waals surface area contributed by atoms with Crippen LogP contribution in [0.2, 0.25) is 0 Å². The molecule has 116 valence electrons. The first-order valence-corrected chi connectivity index (χ1v) is 7.17. The molecule has 0 radical (unpaired) electrons. The Morgan fingerprint density at radius 2 is 2.19 bits per heavy atom. The number of aliphatic hydroxyl groups excluding tert-OH is 1. The summed E-state index contributed by atoms with van der Waals surface area (Å²) < 4.78 is 19.3. The Morgan fingerprint density at radius 3 is 2.86 bits per heavy atom. The molecule has 1 aromatic rings. The van der Waals surface area contributed by atoms with Crippen LogP contribution >= 0.6 is 0 Å². The minimum Gasteiger partial charge on any atom is -0.394 e. The summed E-state index contributed by atoms with van der Waals surface area (Å²) in [6.07, 6.45) is 1.69. The lowest BCUT2D eigenvalue weighted by molar-refractivity contribution is -0.0889. The second kappa shape index (κ2) is 7.49. The molecule has 1 amide bonds. The van der Waals surface area contributed by atoms with Crippen LogP contribution in [0.1, 0.15) is 29.6 Å². The summed E-state index contributed by atoms with van der Waals surface area (Å²) in [6.45, 7) is 0.332. The third-order valence-electron chi connectivity index (χ3n) is 3.72. The second-order valence-corrected chi connectivity index (χ2v) is 5.19. The number of hydrogen-bond acceptors (Lipinski definition) is 4. The molecule has 0 saturated carbocycles. The van der Waals surface area contributed by atoms with Crippen molar-refractivity contribution in [2.45, 2.75) is 37.5 Å². The van der Waals surface area contributed by atoms with Gasteiger partial charge in [0.2, 0.25) is 0 Å². The molecule has 0 bridgehead atoms. The molecule has 1 heterocycles. The van der Waals surface area contributed by atoms with Crippen molar-refractivity contribution >= 4 is 5.91 Å². The third kappa shape index (κ3) is 4.00. The molecule has 0 unspecified atom stereocenters. The lowest BCUT2D eigenvalue weighted by Crippen LogP contribution is -2.51. The van der Waals surface area contributed by atoms with Gasteiger partial charge in [0.05, 0.1) is 24.3 Å². The zero-order chi connectivity index (χ0) is 15.2. The zero-order valence-corrected chi connectivity index (χ0v) is 11.8. The number of benzene rings is 1. The Balaban J connectivity index is 1.99. The van der Waals surface area contributed by atoms with Crippen LogP contribution in [-0.2, 0) is 4.74 Å². The van der Waals surface area contributed by atoms with Gasteiger partial charge < -0.3 is 20.9 Å². The number of rotatable bonds is 5. The molecule has 4 N–H and O–H groups in total. The Labute approximate surface area is 123 Å². The summed E-state index contributed by atoms with van der Waals surface area (Å²) in [5.74, 6) is -1.05. The molecule has 1 aliphatic heterocycles. The standard InChI is InChI=1S/C15H21FN2O3/c16-12-4-2-1-3-11(12)15(20)18-13-6-5-10(7-8-17)21-14(13)9-19/h1-4,10,13-14,19H,5-9,17H2,(H,18,20)/t10-,13+,14+/m1/s1. The normalized spacial score (nSPS) is 25.6. The highest BCUT2D eigenvalue weighted by Gasteiger charge is 2.32. The molecule has 0 aromatic heterocycles. The molecular weight excluding hydrogens is 275 g/mol.